The highest BCUT2D eigenvalue weighted by Crippen LogP contribution is 2.08. The maximum Gasteiger partial charge on any atom is 0.305 e. The number of methoxy groups -OCH3 is 1. The van der Waals surface area contributed by atoms with Crippen molar-refractivity contribution in [2.24, 2.45) is 0 Å². The van der Waals surface area contributed by atoms with Crippen molar-refractivity contribution in [2.75, 3.05) is 32.2 Å². The van der Waals surface area contributed by atoms with E-state index in [2.05, 4.69) is 16.9 Å². The maximum atomic E-state index is 11.9. The zero-order chi connectivity index (χ0) is 15.5. The van der Waals surface area contributed by atoms with Gasteiger partial charge in [0.05, 0.1) is 12.9 Å². The van der Waals surface area contributed by atoms with Gasteiger partial charge in [0.15, 0.2) is 0 Å². The molecule has 116 valence electrons. The third-order valence-electron chi connectivity index (χ3n) is 3.13. The van der Waals surface area contributed by atoms with E-state index in [9.17, 15) is 9.59 Å². The fraction of sp³-hybridized carbons (Fsp3) is 0.500. The molecular formula is C16H23NO3S. The molecule has 0 N–H and O–H groups in total. The minimum absolute atomic E-state index is 0.109. The molecule has 0 radical (unpaired) electrons. The SMILES string of the molecule is COC(=O)CCCN(C)C(=O)CSCCc1ccccc1. The van der Waals surface area contributed by atoms with Crippen molar-refractivity contribution in [3.05, 3.63) is 35.9 Å². The Bertz CT molecular complexity index is 436. The van der Waals surface area contributed by atoms with Crippen LogP contribution in [0.25, 0.3) is 0 Å². The number of aryl methyl sites for hydroxylation is 1. The summed E-state index contributed by atoms with van der Waals surface area (Å²) in [5.41, 5.74) is 1.30. The molecule has 0 aliphatic carbocycles. The van der Waals surface area contributed by atoms with Crippen molar-refractivity contribution >= 4 is 23.6 Å². The molecule has 4 nitrogen and oxygen atoms in total. The van der Waals surface area contributed by atoms with Crippen LogP contribution < -0.4 is 0 Å². The average molecular weight is 309 g/mol. The largest absolute Gasteiger partial charge is 0.469 e. The van der Waals surface area contributed by atoms with Crippen molar-refractivity contribution in [1.29, 1.82) is 0 Å². The molecule has 1 aromatic rings. The van der Waals surface area contributed by atoms with E-state index in [0.717, 1.165) is 12.2 Å². The lowest BCUT2D eigenvalue weighted by Gasteiger charge is -2.16. The van der Waals surface area contributed by atoms with Crippen LogP contribution in [-0.2, 0) is 20.7 Å². The number of amides is 1. The lowest BCUT2D eigenvalue weighted by atomic mass is 10.2. The van der Waals surface area contributed by atoms with Gasteiger partial charge in [0.25, 0.3) is 0 Å². The summed E-state index contributed by atoms with van der Waals surface area (Å²) < 4.78 is 4.57. The molecule has 0 fully saturated rings. The smallest absolute Gasteiger partial charge is 0.305 e. The van der Waals surface area contributed by atoms with Crippen LogP contribution in [-0.4, -0.2) is 49.0 Å². The average Bonchev–Trinajstić information content (AvgIpc) is 2.52. The Kier molecular flexibility index (Phi) is 8.59. The van der Waals surface area contributed by atoms with Crippen LogP contribution in [0.3, 0.4) is 0 Å². The number of rotatable bonds is 9. The minimum Gasteiger partial charge on any atom is -0.469 e. The summed E-state index contributed by atoms with van der Waals surface area (Å²) in [5, 5.41) is 0. The summed E-state index contributed by atoms with van der Waals surface area (Å²) in [6.07, 6.45) is 1.98. The molecule has 0 spiro atoms. The Balaban J connectivity index is 2.11. The highest BCUT2D eigenvalue weighted by atomic mass is 32.2. The number of carbonyl (C=O) groups excluding carboxylic acids is 2. The molecule has 1 aromatic carbocycles. The molecule has 0 atom stereocenters. The predicted molar refractivity (Wildman–Crippen MR) is 86.4 cm³/mol. The van der Waals surface area contributed by atoms with Crippen LogP contribution in [0.4, 0.5) is 0 Å². The molecule has 0 aliphatic heterocycles. The van der Waals surface area contributed by atoms with E-state index >= 15 is 0 Å². The number of ether oxygens (including phenoxy) is 1. The number of carbonyl (C=O) groups is 2. The van der Waals surface area contributed by atoms with Crippen molar-refractivity contribution < 1.29 is 14.3 Å². The molecule has 1 amide bonds. The Morgan fingerprint density at radius 1 is 1.24 bits per heavy atom. The van der Waals surface area contributed by atoms with Crippen molar-refractivity contribution in [3.8, 4) is 0 Å². The summed E-state index contributed by atoms with van der Waals surface area (Å²) in [7, 11) is 3.15. The first-order valence-corrected chi connectivity index (χ1v) is 8.21. The Labute approximate surface area is 130 Å². The van der Waals surface area contributed by atoms with Crippen LogP contribution in [0.2, 0.25) is 0 Å². The van der Waals surface area contributed by atoms with E-state index in [4.69, 9.17) is 0 Å². The number of nitrogens with zero attached hydrogens (tertiary/aromatic N) is 1. The lowest BCUT2D eigenvalue weighted by Crippen LogP contribution is -2.29. The Hall–Kier alpha value is -1.49. The number of benzene rings is 1. The van der Waals surface area contributed by atoms with Gasteiger partial charge in [0, 0.05) is 20.0 Å². The van der Waals surface area contributed by atoms with Crippen LogP contribution in [0, 0.1) is 0 Å². The third kappa shape index (κ3) is 7.75. The van der Waals surface area contributed by atoms with Gasteiger partial charge < -0.3 is 9.64 Å². The minimum atomic E-state index is -0.229. The first-order valence-electron chi connectivity index (χ1n) is 7.06. The van der Waals surface area contributed by atoms with E-state index in [1.165, 1.54) is 12.7 Å². The summed E-state index contributed by atoms with van der Waals surface area (Å²) in [5.74, 6) is 1.30. The normalized spacial score (nSPS) is 10.2. The molecule has 0 bridgehead atoms. The van der Waals surface area contributed by atoms with Crippen molar-refractivity contribution in [2.45, 2.75) is 19.3 Å². The summed E-state index contributed by atoms with van der Waals surface area (Å²) in [4.78, 5) is 24.5. The molecule has 0 unspecified atom stereocenters. The molecule has 0 saturated heterocycles. The second kappa shape index (κ2) is 10.3. The predicted octanol–water partition coefficient (Wildman–Crippen LogP) is 2.37. The Morgan fingerprint density at radius 3 is 2.62 bits per heavy atom. The third-order valence-corrected chi connectivity index (χ3v) is 4.08. The number of hydrogen-bond acceptors (Lipinski definition) is 4. The second-order valence-electron chi connectivity index (χ2n) is 4.78. The van der Waals surface area contributed by atoms with Crippen molar-refractivity contribution in [1.82, 2.24) is 4.90 Å². The molecule has 0 heterocycles. The zero-order valence-electron chi connectivity index (χ0n) is 12.7. The second-order valence-corrected chi connectivity index (χ2v) is 5.89. The molecular weight excluding hydrogens is 286 g/mol. The van der Waals surface area contributed by atoms with Crippen LogP contribution in [0.15, 0.2) is 30.3 Å². The van der Waals surface area contributed by atoms with Crippen LogP contribution in [0.5, 0.6) is 0 Å². The monoisotopic (exact) mass is 309 g/mol. The van der Waals surface area contributed by atoms with E-state index < -0.39 is 0 Å². The van der Waals surface area contributed by atoms with Crippen molar-refractivity contribution in [3.63, 3.8) is 0 Å². The van der Waals surface area contributed by atoms with E-state index in [1.807, 2.05) is 18.2 Å². The quantitative estimate of drug-likeness (QED) is 0.519. The highest BCUT2D eigenvalue weighted by Gasteiger charge is 2.09. The summed E-state index contributed by atoms with van der Waals surface area (Å²) in [6.45, 7) is 0.590. The number of thioether (sulfide) groups is 1. The summed E-state index contributed by atoms with van der Waals surface area (Å²) in [6, 6.07) is 10.3. The van der Waals surface area contributed by atoms with E-state index in [0.29, 0.717) is 25.1 Å². The fourth-order valence-electron chi connectivity index (χ4n) is 1.79. The van der Waals surface area contributed by atoms with Gasteiger partial charge in [-0.15, -0.1) is 0 Å². The van der Waals surface area contributed by atoms with Gasteiger partial charge >= 0.3 is 5.97 Å². The van der Waals surface area contributed by atoms with Gasteiger partial charge in [0.1, 0.15) is 0 Å². The lowest BCUT2D eigenvalue weighted by molar-refractivity contribution is -0.141. The molecule has 1 rings (SSSR count). The van der Waals surface area contributed by atoms with Gasteiger partial charge in [-0.1, -0.05) is 30.3 Å². The van der Waals surface area contributed by atoms with E-state index in [1.54, 1.807) is 23.7 Å². The fourth-order valence-corrected chi connectivity index (χ4v) is 2.71. The van der Waals surface area contributed by atoms with Gasteiger partial charge in [-0.05, 0) is 24.2 Å². The number of hydrogen-bond donors (Lipinski definition) is 0. The standard InChI is InChI=1S/C16H23NO3S/c1-17(11-6-9-16(19)20-2)15(18)13-21-12-10-14-7-4-3-5-8-14/h3-5,7-8H,6,9-13H2,1-2H3. The zero-order valence-corrected chi connectivity index (χ0v) is 13.5. The molecule has 21 heavy (non-hydrogen) atoms. The highest BCUT2D eigenvalue weighted by molar-refractivity contribution is 7.99. The van der Waals surface area contributed by atoms with Crippen LogP contribution >= 0.6 is 11.8 Å². The molecule has 5 heteroatoms. The maximum absolute atomic E-state index is 11.9. The Morgan fingerprint density at radius 2 is 1.95 bits per heavy atom. The van der Waals surface area contributed by atoms with Gasteiger partial charge in [-0.2, -0.15) is 11.8 Å². The molecule has 0 aliphatic rings. The van der Waals surface area contributed by atoms with Gasteiger partial charge in [-0.3, -0.25) is 9.59 Å². The van der Waals surface area contributed by atoms with Crippen LogP contribution in [0.1, 0.15) is 18.4 Å². The topological polar surface area (TPSA) is 46.6 Å². The van der Waals surface area contributed by atoms with Gasteiger partial charge in [-0.25, -0.2) is 0 Å². The number of esters is 1. The first kappa shape index (κ1) is 17.6. The summed E-state index contributed by atoms with van der Waals surface area (Å²) >= 11 is 1.65. The molecule has 0 saturated carbocycles. The molecule has 0 aromatic heterocycles. The van der Waals surface area contributed by atoms with E-state index in [-0.39, 0.29) is 11.9 Å². The van der Waals surface area contributed by atoms with Gasteiger partial charge in [0.2, 0.25) is 5.91 Å². The first-order chi connectivity index (χ1) is 10.1.